The predicted molar refractivity (Wildman–Crippen MR) is 62.0 cm³/mol. The highest BCUT2D eigenvalue weighted by atomic mass is 16.5. The van der Waals surface area contributed by atoms with Crippen LogP contribution >= 0.6 is 0 Å². The molecule has 1 heterocycles. The average Bonchev–Trinajstić information content (AvgIpc) is 2.71. The first-order valence-corrected chi connectivity index (χ1v) is 6.15. The summed E-state index contributed by atoms with van der Waals surface area (Å²) < 4.78 is 5.12. The summed E-state index contributed by atoms with van der Waals surface area (Å²) >= 11 is 0. The first kappa shape index (κ1) is 12.9. The number of methoxy groups -OCH3 is 1. The van der Waals surface area contributed by atoms with Gasteiger partial charge in [0.25, 0.3) is 0 Å². The van der Waals surface area contributed by atoms with Gasteiger partial charge in [-0.15, -0.1) is 0 Å². The van der Waals surface area contributed by atoms with Gasteiger partial charge in [0.15, 0.2) is 0 Å². The summed E-state index contributed by atoms with van der Waals surface area (Å²) in [5.41, 5.74) is 0. The largest absolute Gasteiger partial charge is 0.396 e. The lowest BCUT2D eigenvalue weighted by molar-refractivity contribution is 0.123. The molecular formula is C12H25NO2. The minimum atomic E-state index is 0.330. The molecule has 0 bridgehead atoms. The fraction of sp³-hybridized carbons (Fsp3) is 1.00. The minimum absolute atomic E-state index is 0.330. The second-order valence-corrected chi connectivity index (χ2v) is 4.53. The van der Waals surface area contributed by atoms with E-state index in [1.54, 1.807) is 7.11 Å². The van der Waals surface area contributed by atoms with Gasteiger partial charge in [-0.2, -0.15) is 0 Å². The van der Waals surface area contributed by atoms with E-state index in [4.69, 9.17) is 9.84 Å². The first-order chi connectivity index (χ1) is 7.29. The second-order valence-electron chi connectivity index (χ2n) is 4.53. The highest BCUT2D eigenvalue weighted by molar-refractivity contribution is 4.82. The Balaban J connectivity index is 2.30. The Labute approximate surface area is 93.4 Å². The molecule has 90 valence electrons. The van der Waals surface area contributed by atoms with Crippen LogP contribution in [0.2, 0.25) is 0 Å². The van der Waals surface area contributed by atoms with Crippen LogP contribution in [0.15, 0.2) is 0 Å². The predicted octanol–water partition coefficient (Wildman–Crippen LogP) is 1.65. The zero-order chi connectivity index (χ0) is 11.1. The number of aliphatic hydroxyl groups excluding tert-OH is 1. The van der Waals surface area contributed by atoms with E-state index in [0.717, 1.165) is 25.9 Å². The molecular weight excluding hydrogens is 190 g/mol. The molecule has 0 aliphatic carbocycles. The van der Waals surface area contributed by atoms with Crippen molar-refractivity contribution in [2.45, 2.75) is 51.1 Å². The van der Waals surface area contributed by atoms with Gasteiger partial charge in [0.2, 0.25) is 0 Å². The van der Waals surface area contributed by atoms with Gasteiger partial charge in [0.1, 0.15) is 0 Å². The van der Waals surface area contributed by atoms with Crippen molar-refractivity contribution in [3.63, 3.8) is 0 Å². The summed E-state index contributed by atoms with van der Waals surface area (Å²) in [6.07, 6.45) is 5.82. The molecule has 2 unspecified atom stereocenters. The molecule has 0 aromatic rings. The minimum Gasteiger partial charge on any atom is -0.396 e. The van der Waals surface area contributed by atoms with Crippen molar-refractivity contribution in [1.82, 2.24) is 4.90 Å². The Morgan fingerprint density at radius 3 is 3.00 bits per heavy atom. The molecule has 0 spiro atoms. The van der Waals surface area contributed by atoms with Crippen LogP contribution < -0.4 is 0 Å². The van der Waals surface area contributed by atoms with Crippen LogP contribution in [0.25, 0.3) is 0 Å². The molecule has 1 aliphatic rings. The molecule has 3 heteroatoms. The van der Waals surface area contributed by atoms with E-state index >= 15 is 0 Å². The van der Waals surface area contributed by atoms with Crippen LogP contribution in [0.5, 0.6) is 0 Å². The number of aliphatic hydroxyl groups is 1. The molecule has 0 saturated carbocycles. The molecule has 3 nitrogen and oxygen atoms in total. The normalized spacial score (nSPS) is 24.6. The lowest BCUT2D eigenvalue weighted by Crippen LogP contribution is -2.38. The third-order valence-corrected chi connectivity index (χ3v) is 3.42. The zero-order valence-corrected chi connectivity index (χ0v) is 10.1. The van der Waals surface area contributed by atoms with Gasteiger partial charge in [-0.3, -0.25) is 4.90 Å². The average molecular weight is 215 g/mol. The Kier molecular flexibility index (Phi) is 6.22. The molecule has 0 aromatic heterocycles. The van der Waals surface area contributed by atoms with Crippen molar-refractivity contribution in [3.8, 4) is 0 Å². The third kappa shape index (κ3) is 4.09. The van der Waals surface area contributed by atoms with Crippen molar-refractivity contribution < 1.29 is 9.84 Å². The molecule has 1 aliphatic heterocycles. The Bertz CT molecular complexity index is 164. The van der Waals surface area contributed by atoms with Gasteiger partial charge >= 0.3 is 0 Å². The summed E-state index contributed by atoms with van der Waals surface area (Å²) in [5.74, 6) is 0. The molecule has 1 saturated heterocycles. The van der Waals surface area contributed by atoms with E-state index in [0.29, 0.717) is 18.7 Å². The van der Waals surface area contributed by atoms with E-state index in [1.165, 1.54) is 19.4 Å². The maximum absolute atomic E-state index is 8.85. The Morgan fingerprint density at radius 1 is 1.53 bits per heavy atom. The topological polar surface area (TPSA) is 32.7 Å². The number of hydrogen-bond acceptors (Lipinski definition) is 3. The van der Waals surface area contributed by atoms with Crippen molar-refractivity contribution in [2.75, 3.05) is 26.9 Å². The number of likely N-dealkylation sites (tertiary alicyclic amines) is 1. The van der Waals surface area contributed by atoms with E-state index < -0.39 is 0 Å². The summed E-state index contributed by atoms with van der Waals surface area (Å²) in [5, 5.41) is 8.85. The van der Waals surface area contributed by atoms with Crippen LogP contribution in [0.3, 0.4) is 0 Å². The number of nitrogens with zero attached hydrogens (tertiary/aromatic N) is 1. The fourth-order valence-corrected chi connectivity index (χ4v) is 2.53. The van der Waals surface area contributed by atoms with Crippen molar-refractivity contribution in [1.29, 1.82) is 0 Å². The third-order valence-electron chi connectivity index (χ3n) is 3.42. The molecule has 2 atom stereocenters. The highest BCUT2D eigenvalue weighted by Crippen LogP contribution is 2.24. The van der Waals surface area contributed by atoms with E-state index in [-0.39, 0.29) is 0 Å². The number of hydrogen-bond donors (Lipinski definition) is 1. The number of ether oxygens (including phenoxy) is 1. The summed E-state index contributed by atoms with van der Waals surface area (Å²) in [4.78, 5) is 2.59. The zero-order valence-electron chi connectivity index (χ0n) is 10.1. The van der Waals surface area contributed by atoms with E-state index in [9.17, 15) is 0 Å². The second kappa shape index (κ2) is 7.20. The maximum Gasteiger partial charge on any atom is 0.0477 e. The quantitative estimate of drug-likeness (QED) is 0.701. The fourth-order valence-electron chi connectivity index (χ4n) is 2.53. The molecule has 15 heavy (non-hydrogen) atoms. The van der Waals surface area contributed by atoms with Gasteiger partial charge in [-0.1, -0.05) is 0 Å². The molecule has 1 N–H and O–H groups in total. The van der Waals surface area contributed by atoms with Crippen LogP contribution in [-0.2, 0) is 4.74 Å². The van der Waals surface area contributed by atoms with Gasteiger partial charge < -0.3 is 9.84 Å². The molecule has 1 fully saturated rings. The van der Waals surface area contributed by atoms with Crippen LogP contribution in [0, 0.1) is 0 Å². The maximum atomic E-state index is 8.85. The van der Waals surface area contributed by atoms with Crippen LogP contribution in [0.1, 0.15) is 39.0 Å². The van der Waals surface area contributed by atoms with Crippen LogP contribution in [-0.4, -0.2) is 49.0 Å². The summed E-state index contributed by atoms with van der Waals surface area (Å²) in [6.45, 7) is 4.69. The van der Waals surface area contributed by atoms with E-state index in [2.05, 4.69) is 11.8 Å². The summed E-state index contributed by atoms with van der Waals surface area (Å²) in [7, 11) is 1.76. The van der Waals surface area contributed by atoms with Crippen molar-refractivity contribution in [2.24, 2.45) is 0 Å². The van der Waals surface area contributed by atoms with Gasteiger partial charge in [-0.05, 0) is 45.6 Å². The molecule has 0 amide bonds. The van der Waals surface area contributed by atoms with Crippen molar-refractivity contribution >= 4 is 0 Å². The summed E-state index contributed by atoms with van der Waals surface area (Å²) in [6, 6.07) is 1.32. The van der Waals surface area contributed by atoms with E-state index in [1.807, 2.05) is 0 Å². The Morgan fingerprint density at radius 2 is 2.33 bits per heavy atom. The SMILES string of the molecule is COCCC(C)N1CCCC1CCCO. The van der Waals surface area contributed by atoms with Gasteiger partial charge in [-0.25, -0.2) is 0 Å². The lowest BCUT2D eigenvalue weighted by Gasteiger charge is -2.30. The van der Waals surface area contributed by atoms with Crippen molar-refractivity contribution in [3.05, 3.63) is 0 Å². The number of rotatable bonds is 7. The molecule has 1 rings (SSSR count). The smallest absolute Gasteiger partial charge is 0.0477 e. The molecule has 0 aromatic carbocycles. The van der Waals surface area contributed by atoms with Gasteiger partial charge in [0, 0.05) is 32.4 Å². The first-order valence-electron chi connectivity index (χ1n) is 6.15. The Hall–Kier alpha value is -0.120. The van der Waals surface area contributed by atoms with Gasteiger partial charge in [0.05, 0.1) is 0 Å². The highest BCUT2D eigenvalue weighted by Gasteiger charge is 2.27. The monoisotopic (exact) mass is 215 g/mol. The lowest BCUT2D eigenvalue weighted by atomic mass is 10.1. The molecule has 0 radical (unpaired) electrons. The standard InChI is InChI=1S/C12H25NO2/c1-11(7-10-15-2)13-8-3-5-12(13)6-4-9-14/h11-12,14H,3-10H2,1-2H3. The van der Waals surface area contributed by atoms with Crippen LogP contribution in [0.4, 0.5) is 0 Å².